The number of hydrogen-bond acceptors (Lipinski definition) is 3. The molecule has 0 aromatic heterocycles. The molecule has 0 aliphatic heterocycles. The van der Waals surface area contributed by atoms with E-state index in [1.807, 2.05) is 42.5 Å². The predicted octanol–water partition coefficient (Wildman–Crippen LogP) is 6.49. The van der Waals surface area contributed by atoms with Gasteiger partial charge in [-0.05, 0) is 64.4 Å². The zero-order valence-corrected chi connectivity index (χ0v) is 17.9. The van der Waals surface area contributed by atoms with Crippen LogP contribution in [0.15, 0.2) is 90.0 Å². The zero-order chi connectivity index (χ0) is 21.6. The van der Waals surface area contributed by atoms with Crippen LogP contribution in [0, 0.1) is 0 Å². The van der Waals surface area contributed by atoms with Gasteiger partial charge in [-0.15, -0.1) is 0 Å². The normalized spacial score (nSPS) is 11.0. The molecule has 0 aliphatic rings. The van der Waals surface area contributed by atoms with Gasteiger partial charge in [0.2, 0.25) is 0 Å². The van der Waals surface area contributed by atoms with Gasteiger partial charge >= 0.3 is 0 Å². The molecule has 0 atom stereocenters. The Bertz CT molecular complexity index is 1250. The molecule has 0 heterocycles. The molecule has 0 saturated carbocycles. The van der Waals surface area contributed by atoms with Crippen LogP contribution in [-0.4, -0.2) is 12.1 Å². The van der Waals surface area contributed by atoms with Crippen LogP contribution in [0.2, 0.25) is 10.0 Å². The molecule has 0 fully saturated rings. The summed E-state index contributed by atoms with van der Waals surface area (Å²) in [5, 5.41) is 7.10. The molecule has 0 unspecified atom stereocenters. The van der Waals surface area contributed by atoms with Gasteiger partial charge in [-0.1, -0.05) is 65.7 Å². The number of benzene rings is 4. The van der Waals surface area contributed by atoms with Crippen LogP contribution in [0.25, 0.3) is 10.8 Å². The standard InChI is InChI=1S/C25H18Cl2N2O2/c26-20-10-13-23(24(27)14-20)25(30)29-28-15-17-8-11-21(12-9-17)31-16-19-6-3-5-18-4-1-2-7-22(18)19/h1-15H,16H2,(H,29,30)/b28-15-. The second kappa shape index (κ2) is 9.65. The molecule has 1 N–H and O–H groups in total. The van der Waals surface area contributed by atoms with Crippen molar-refractivity contribution in [1.82, 2.24) is 5.43 Å². The summed E-state index contributed by atoms with van der Waals surface area (Å²) in [4.78, 5) is 12.2. The Morgan fingerprint density at radius 1 is 0.935 bits per heavy atom. The topological polar surface area (TPSA) is 50.7 Å². The van der Waals surface area contributed by atoms with Crippen LogP contribution in [0.3, 0.4) is 0 Å². The fraction of sp³-hybridized carbons (Fsp3) is 0.0400. The average molecular weight is 449 g/mol. The van der Waals surface area contributed by atoms with Gasteiger partial charge in [0.05, 0.1) is 16.8 Å². The number of halogens is 2. The van der Waals surface area contributed by atoms with Crippen LogP contribution in [0.5, 0.6) is 5.75 Å². The van der Waals surface area contributed by atoms with Gasteiger partial charge in [-0.3, -0.25) is 4.79 Å². The Kier molecular flexibility index (Phi) is 6.51. The van der Waals surface area contributed by atoms with E-state index in [9.17, 15) is 4.79 Å². The molecule has 0 bridgehead atoms. The van der Waals surface area contributed by atoms with Crippen LogP contribution in [-0.2, 0) is 6.61 Å². The van der Waals surface area contributed by atoms with E-state index in [0.717, 1.165) is 16.9 Å². The smallest absolute Gasteiger partial charge is 0.272 e. The summed E-state index contributed by atoms with van der Waals surface area (Å²) in [7, 11) is 0. The first-order valence-corrected chi connectivity index (χ1v) is 10.3. The molecule has 0 saturated heterocycles. The molecule has 4 aromatic carbocycles. The second-order valence-electron chi connectivity index (χ2n) is 6.82. The van der Waals surface area contributed by atoms with Crippen molar-refractivity contribution in [3.8, 4) is 5.75 Å². The van der Waals surface area contributed by atoms with Crippen LogP contribution in [0.4, 0.5) is 0 Å². The van der Waals surface area contributed by atoms with Crippen molar-refractivity contribution in [2.45, 2.75) is 6.61 Å². The SMILES string of the molecule is O=C(N/N=C\c1ccc(OCc2cccc3ccccc23)cc1)c1ccc(Cl)cc1Cl. The molecule has 31 heavy (non-hydrogen) atoms. The van der Waals surface area contributed by atoms with Gasteiger partial charge in [-0.25, -0.2) is 5.43 Å². The lowest BCUT2D eigenvalue weighted by Gasteiger charge is -2.09. The summed E-state index contributed by atoms with van der Waals surface area (Å²) in [6.45, 7) is 0.479. The Balaban J connectivity index is 1.35. The van der Waals surface area contributed by atoms with Crippen LogP contribution in [0.1, 0.15) is 21.5 Å². The number of hydrogen-bond donors (Lipinski definition) is 1. The van der Waals surface area contributed by atoms with Crippen molar-refractivity contribution in [2.75, 3.05) is 0 Å². The highest BCUT2D eigenvalue weighted by Gasteiger charge is 2.09. The summed E-state index contributed by atoms with van der Waals surface area (Å²) in [6, 6.07) is 26.6. The Morgan fingerprint density at radius 3 is 2.52 bits per heavy atom. The summed E-state index contributed by atoms with van der Waals surface area (Å²) in [6.07, 6.45) is 1.55. The Morgan fingerprint density at radius 2 is 1.71 bits per heavy atom. The molecule has 154 valence electrons. The molecule has 1 amide bonds. The summed E-state index contributed by atoms with van der Waals surface area (Å²) in [5.41, 5.74) is 4.71. The summed E-state index contributed by atoms with van der Waals surface area (Å²) >= 11 is 11.9. The van der Waals surface area contributed by atoms with Crippen molar-refractivity contribution in [1.29, 1.82) is 0 Å². The molecule has 4 nitrogen and oxygen atoms in total. The van der Waals surface area contributed by atoms with Gasteiger partial charge in [0.25, 0.3) is 5.91 Å². The van der Waals surface area contributed by atoms with Gasteiger partial charge in [0.15, 0.2) is 0 Å². The van der Waals surface area contributed by atoms with Crippen molar-refractivity contribution in [3.63, 3.8) is 0 Å². The molecular weight excluding hydrogens is 431 g/mol. The van der Waals surface area contributed by atoms with E-state index >= 15 is 0 Å². The summed E-state index contributed by atoms with van der Waals surface area (Å²) < 4.78 is 5.94. The van der Waals surface area contributed by atoms with Crippen molar-refractivity contribution in [2.24, 2.45) is 5.10 Å². The highest BCUT2D eigenvalue weighted by Crippen LogP contribution is 2.22. The van der Waals surface area contributed by atoms with E-state index in [1.165, 1.54) is 16.8 Å². The van der Waals surface area contributed by atoms with E-state index in [-0.39, 0.29) is 5.02 Å². The fourth-order valence-corrected chi connectivity index (χ4v) is 3.62. The maximum atomic E-state index is 12.2. The lowest BCUT2D eigenvalue weighted by Crippen LogP contribution is -2.18. The first-order valence-electron chi connectivity index (χ1n) is 9.58. The molecule has 6 heteroatoms. The first-order chi connectivity index (χ1) is 15.1. The lowest BCUT2D eigenvalue weighted by molar-refractivity contribution is 0.0955. The van der Waals surface area contributed by atoms with Crippen molar-refractivity contribution in [3.05, 3.63) is 112 Å². The Labute approximate surface area is 190 Å². The molecule has 4 aromatic rings. The van der Waals surface area contributed by atoms with Crippen molar-refractivity contribution >= 4 is 46.1 Å². The number of carbonyl (C=O) groups excluding carboxylic acids is 1. The maximum Gasteiger partial charge on any atom is 0.272 e. The summed E-state index contributed by atoms with van der Waals surface area (Å²) in [5.74, 6) is 0.343. The number of ether oxygens (including phenoxy) is 1. The number of fused-ring (bicyclic) bond motifs is 1. The lowest BCUT2D eigenvalue weighted by atomic mass is 10.1. The molecule has 0 radical (unpaired) electrons. The van der Waals surface area contributed by atoms with Crippen molar-refractivity contribution < 1.29 is 9.53 Å². The molecule has 0 spiro atoms. The van der Waals surface area contributed by atoms with E-state index in [1.54, 1.807) is 18.3 Å². The zero-order valence-electron chi connectivity index (χ0n) is 16.4. The number of nitrogens with one attached hydrogen (secondary N) is 1. The minimum absolute atomic E-state index is 0.271. The van der Waals surface area contributed by atoms with Crippen LogP contribution >= 0.6 is 23.2 Å². The number of hydrazone groups is 1. The third-order valence-corrected chi connectivity index (χ3v) is 5.26. The molecular formula is C25H18Cl2N2O2. The van der Waals surface area contributed by atoms with E-state index < -0.39 is 5.91 Å². The van der Waals surface area contributed by atoms with Gasteiger partial charge in [0, 0.05) is 5.02 Å². The third-order valence-electron chi connectivity index (χ3n) is 4.71. The molecule has 0 aliphatic carbocycles. The number of nitrogens with zero attached hydrogens (tertiary/aromatic N) is 1. The largest absolute Gasteiger partial charge is 0.489 e. The average Bonchev–Trinajstić information content (AvgIpc) is 2.78. The van der Waals surface area contributed by atoms with Gasteiger partial charge in [0.1, 0.15) is 12.4 Å². The second-order valence-corrected chi connectivity index (χ2v) is 7.66. The first kappa shape index (κ1) is 20.9. The predicted molar refractivity (Wildman–Crippen MR) is 126 cm³/mol. The highest BCUT2D eigenvalue weighted by atomic mass is 35.5. The van der Waals surface area contributed by atoms with E-state index in [2.05, 4.69) is 34.8 Å². The Hall–Kier alpha value is -3.34. The number of carbonyl (C=O) groups is 1. The maximum absolute atomic E-state index is 12.2. The van der Waals surface area contributed by atoms with Gasteiger partial charge < -0.3 is 4.74 Å². The minimum atomic E-state index is -0.409. The molecule has 4 rings (SSSR count). The fourth-order valence-electron chi connectivity index (χ4n) is 3.13. The monoisotopic (exact) mass is 448 g/mol. The highest BCUT2D eigenvalue weighted by molar-refractivity contribution is 6.36. The van der Waals surface area contributed by atoms with Crippen LogP contribution < -0.4 is 10.2 Å². The third kappa shape index (κ3) is 5.23. The number of rotatable bonds is 6. The number of amides is 1. The van der Waals surface area contributed by atoms with E-state index in [0.29, 0.717) is 17.2 Å². The minimum Gasteiger partial charge on any atom is -0.489 e. The quantitative estimate of drug-likeness (QED) is 0.270. The van der Waals surface area contributed by atoms with E-state index in [4.69, 9.17) is 27.9 Å². The van der Waals surface area contributed by atoms with Gasteiger partial charge in [-0.2, -0.15) is 5.10 Å².